The lowest BCUT2D eigenvalue weighted by atomic mass is 9.90. The minimum atomic E-state index is -1.21. The summed E-state index contributed by atoms with van der Waals surface area (Å²) in [6, 6.07) is 0. The molecule has 5 atom stereocenters. The Balaban J connectivity index is 2.47. The molecule has 0 saturated carbocycles. The number of hydrogen-bond donors (Lipinski definition) is 4. The van der Waals surface area contributed by atoms with E-state index >= 15 is 0 Å². The van der Waals surface area contributed by atoms with Gasteiger partial charge in [-0.05, 0) is 56.9 Å². The number of rotatable bonds is 3. The molecule has 2 aliphatic rings. The van der Waals surface area contributed by atoms with Crippen LogP contribution in [0.5, 0.6) is 0 Å². The molecule has 0 fully saturated rings. The fraction of sp³-hybridized carbons (Fsp3) is 0.481. The molecule has 0 spiro atoms. The molecule has 202 valence electrons. The van der Waals surface area contributed by atoms with Gasteiger partial charge in [0, 0.05) is 35.0 Å². The van der Waals surface area contributed by atoms with Crippen LogP contribution in [-0.4, -0.2) is 64.1 Å². The molecule has 2 rings (SSSR count). The number of carbonyl (C=O) groups is 4. The SMILES string of the molecule is CS[C@H]1CC[C@@H](O)C2=CC(=O)C=C(NC(=O)/C(C)=C/C=C\[C@H](C)[C@@H](OC(N)=O)/C(C)=C/C[C@H]1CO)C2=O. The first-order valence-electron chi connectivity index (χ1n) is 12.1. The number of fused-ring (bicyclic) bond motifs is 2. The van der Waals surface area contributed by atoms with Gasteiger partial charge in [0.25, 0.3) is 5.91 Å². The van der Waals surface area contributed by atoms with Gasteiger partial charge >= 0.3 is 6.09 Å². The summed E-state index contributed by atoms with van der Waals surface area (Å²) in [4.78, 5) is 49.4. The molecule has 2 amide bonds. The van der Waals surface area contributed by atoms with E-state index in [1.807, 2.05) is 26.2 Å². The Morgan fingerprint density at radius 1 is 1.22 bits per heavy atom. The van der Waals surface area contributed by atoms with Crippen LogP contribution in [0.15, 0.2) is 58.9 Å². The lowest BCUT2D eigenvalue weighted by Crippen LogP contribution is -2.34. The van der Waals surface area contributed by atoms with Crippen LogP contribution in [0.1, 0.15) is 40.0 Å². The van der Waals surface area contributed by atoms with E-state index in [-0.39, 0.29) is 47.0 Å². The summed E-state index contributed by atoms with van der Waals surface area (Å²) in [7, 11) is 0. The van der Waals surface area contributed by atoms with Gasteiger partial charge in [-0.25, -0.2) is 4.79 Å². The van der Waals surface area contributed by atoms with Gasteiger partial charge in [-0.2, -0.15) is 11.8 Å². The van der Waals surface area contributed by atoms with Crippen molar-refractivity contribution in [2.75, 3.05) is 12.9 Å². The number of nitrogens with one attached hydrogen (secondary N) is 1. The largest absolute Gasteiger partial charge is 0.441 e. The second kappa shape index (κ2) is 14.1. The van der Waals surface area contributed by atoms with E-state index in [4.69, 9.17) is 10.5 Å². The van der Waals surface area contributed by atoms with Gasteiger partial charge in [-0.15, -0.1) is 0 Å². The zero-order chi connectivity index (χ0) is 27.7. The topological polar surface area (TPSA) is 156 Å². The number of hydrogen-bond acceptors (Lipinski definition) is 8. The smallest absolute Gasteiger partial charge is 0.405 e. The summed E-state index contributed by atoms with van der Waals surface area (Å²) in [6.45, 7) is 5.11. The summed E-state index contributed by atoms with van der Waals surface area (Å²) >= 11 is 1.53. The summed E-state index contributed by atoms with van der Waals surface area (Å²) in [6.07, 6.45) is 9.24. The number of thioether (sulfide) groups is 1. The molecule has 5 N–H and O–H groups in total. The highest BCUT2D eigenvalue weighted by Gasteiger charge is 2.30. The Kier molecular flexibility index (Phi) is 11.5. The number of carbonyl (C=O) groups excluding carboxylic acids is 4. The van der Waals surface area contributed by atoms with Crippen LogP contribution < -0.4 is 11.1 Å². The molecule has 0 aromatic rings. The van der Waals surface area contributed by atoms with Gasteiger partial charge in [0.1, 0.15) is 6.10 Å². The Hall–Kier alpha value is -2.95. The van der Waals surface area contributed by atoms with Crippen molar-refractivity contribution in [3.63, 3.8) is 0 Å². The van der Waals surface area contributed by atoms with Gasteiger partial charge in [0.2, 0.25) is 5.78 Å². The van der Waals surface area contributed by atoms with Gasteiger partial charge in [-0.1, -0.05) is 31.2 Å². The maximum Gasteiger partial charge on any atom is 0.405 e. The molecule has 0 aromatic heterocycles. The molecule has 0 radical (unpaired) electrons. The molecule has 0 aromatic carbocycles. The molecule has 1 heterocycles. The molecule has 0 saturated heterocycles. The number of nitrogens with two attached hydrogens (primary N) is 1. The molecular formula is C27H36N2O7S. The zero-order valence-electron chi connectivity index (χ0n) is 21.6. The van der Waals surface area contributed by atoms with Crippen molar-refractivity contribution in [1.29, 1.82) is 0 Å². The number of ketones is 2. The molecule has 2 bridgehead atoms. The Morgan fingerprint density at radius 2 is 1.92 bits per heavy atom. The maximum absolute atomic E-state index is 12.9. The predicted molar refractivity (Wildman–Crippen MR) is 142 cm³/mol. The normalized spacial score (nSPS) is 32.2. The summed E-state index contributed by atoms with van der Waals surface area (Å²) in [5, 5.41) is 23.3. The Labute approximate surface area is 221 Å². The first-order valence-corrected chi connectivity index (χ1v) is 13.4. The number of allylic oxidation sites excluding steroid dienone is 6. The van der Waals surface area contributed by atoms with Crippen LogP contribution in [0.2, 0.25) is 0 Å². The number of aliphatic hydroxyl groups is 2. The van der Waals surface area contributed by atoms with E-state index in [0.29, 0.717) is 12.8 Å². The lowest BCUT2D eigenvalue weighted by Gasteiger charge is -2.26. The zero-order valence-corrected chi connectivity index (χ0v) is 22.4. The van der Waals surface area contributed by atoms with Crippen molar-refractivity contribution in [2.24, 2.45) is 17.6 Å². The van der Waals surface area contributed by atoms with E-state index in [2.05, 4.69) is 5.32 Å². The van der Waals surface area contributed by atoms with E-state index in [9.17, 15) is 29.4 Å². The highest BCUT2D eigenvalue weighted by atomic mass is 32.2. The van der Waals surface area contributed by atoms with E-state index in [0.717, 1.165) is 17.7 Å². The van der Waals surface area contributed by atoms with Crippen LogP contribution in [0.3, 0.4) is 0 Å². The second-order valence-corrected chi connectivity index (χ2v) is 10.4. The quantitative estimate of drug-likeness (QED) is 0.319. The lowest BCUT2D eigenvalue weighted by molar-refractivity contribution is -0.120. The highest BCUT2D eigenvalue weighted by molar-refractivity contribution is 7.99. The second-order valence-electron chi connectivity index (χ2n) is 9.29. The number of aliphatic hydroxyl groups excluding tert-OH is 2. The number of primary amides is 1. The number of Topliss-reactive ketones (excluding diaryl/α,β-unsaturated/α-hetero) is 1. The molecule has 37 heavy (non-hydrogen) atoms. The van der Waals surface area contributed by atoms with Gasteiger partial charge < -0.3 is 26.0 Å². The van der Waals surface area contributed by atoms with Gasteiger partial charge in [0.05, 0.1) is 11.8 Å². The minimum absolute atomic E-state index is 0.0600. The van der Waals surface area contributed by atoms with Gasteiger partial charge in [-0.3, -0.25) is 14.4 Å². The maximum atomic E-state index is 12.9. The first-order chi connectivity index (χ1) is 17.5. The van der Waals surface area contributed by atoms with E-state index in [1.54, 1.807) is 19.1 Å². The fourth-order valence-electron chi connectivity index (χ4n) is 4.30. The van der Waals surface area contributed by atoms with Crippen molar-refractivity contribution >= 4 is 35.3 Å². The van der Waals surface area contributed by atoms with Crippen LogP contribution in [0.4, 0.5) is 4.79 Å². The monoisotopic (exact) mass is 532 g/mol. The predicted octanol–water partition coefficient (Wildman–Crippen LogP) is 2.50. The standard InChI is InChI=1S/C27H36N2O7S/c1-15-6-5-7-17(3)26(34)29-21-13-19(31)12-20(24(21)33)22(32)10-11-23(37-4)18(14-30)9-8-16(2)25(15)36-27(28)35/h5-8,12-13,15,18,22-23,25,30,32H,9-11,14H2,1-4H3,(H2,28,35)(H,29,34)/b6-5-,16-8+,17-7+/t15-,18-,22+,23-,25+/m0/s1. The number of ether oxygens (including phenoxy) is 1. The molecule has 0 unspecified atom stereocenters. The van der Waals surface area contributed by atoms with Crippen molar-refractivity contribution in [3.05, 3.63) is 58.9 Å². The average Bonchev–Trinajstić information content (AvgIpc) is 2.85. The molecule has 10 heteroatoms. The van der Waals surface area contributed by atoms with E-state index < -0.39 is 35.8 Å². The van der Waals surface area contributed by atoms with Crippen molar-refractivity contribution in [3.8, 4) is 0 Å². The Bertz CT molecular complexity index is 1060. The fourth-order valence-corrected chi connectivity index (χ4v) is 5.25. The van der Waals surface area contributed by atoms with Crippen LogP contribution >= 0.6 is 11.8 Å². The van der Waals surface area contributed by atoms with Crippen LogP contribution in [0, 0.1) is 11.8 Å². The molecular weight excluding hydrogens is 496 g/mol. The third-order valence-corrected chi connectivity index (χ3v) is 7.74. The highest BCUT2D eigenvalue weighted by Crippen LogP contribution is 2.29. The van der Waals surface area contributed by atoms with Crippen LogP contribution in [0.25, 0.3) is 0 Å². The van der Waals surface area contributed by atoms with E-state index in [1.165, 1.54) is 17.8 Å². The van der Waals surface area contributed by atoms with Crippen molar-refractivity contribution in [1.82, 2.24) is 5.32 Å². The summed E-state index contributed by atoms with van der Waals surface area (Å²) in [5.41, 5.74) is 6.07. The number of amides is 2. The van der Waals surface area contributed by atoms with Crippen molar-refractivity contribution in [2.45, 2.75) is 57.5 Å². The average molecular weight is 533 g/mol. The van der Waals surface area contributed by atoms with Crippen LogP contribution in [-0.2, 0) is 19.1 Å². The van der Waals surface area contributed by atoms with Gasteiger partial charge in [0.15, 0.2) is 5.78 Å². The molecule has 1 aliphatic carbocycles. The summed E-state index contributed by atoms with van der Waals surface area (Å²) < 4.78 is 5.36. The minimum Gasteiger partial charge on any atom is -0.441 e. The third-order valence-electron chi connectivity index (χ3n) is 6.52. The Morgan fingerprint density at radius 3 is 2.54 bits per heavy atom. The summed E-state index contributed by atoms with van der Waals surface area (Å²) in [5.74, 6) is -2.14. The molecule has 9 nitrogen and oxygen atoms in total. The molecule has 1 aliphatic heterocycles. The van der Waals surface area contributed by atoms with Crippen molar-refractivity contribution < 1.29 is 34.1 Å². The first kappa shape index (κ1) is 30.3. The third kappa shape index (κ3) is 8.55.